The maximum atomic E-state index is 11.0. The fourth-order valence-electron chi connectivity index (χ4n) is 0.683. The van der Waals surface area contributed by atoms with Crippen LogP contribution in [0.25, 0.3) is 0 Å². The maximum Gasteiger partial charge on any atom is 0.330 e. The molecular weight excluding hydrogens is 192 g/mol. The lowest BCUT2D eigenvalue weighted by Crippen LogP contribution is -2.51. The van der Waals surface area contributed by atoms with Gasteiger partial charge in [0.2, 0.25) is 5.91 Å². The Balaban J connectivity index is 4.18. The van der Waals surface area contributed by atoms with Gasteiger partial charge in [0.25, 0.3) is 0 Å². The molecule has 0 aromatic rings. The van der Waals surface area contributed by atoms with Crippen molar-refractivity contribution < 1.29 is 24.5 Å². The number of hydrogen-bond donors (Lipinski definition) is 4. The summed E-state index contributed by atoms with van der Waals surface area (Å²) in [6.07, 6.45) is 0. The van der Waals surface area contributed by atoms with Crippen molar-refractivity contribution in [1.29, 1.82) is 0 Å². The van der Waals surface area contributed by atoms with Crippen molar-refractivity contribution >= 4 is 11.9 Å². The molecule has 2 atom stereocenters. The van der Waals surface area contributed by atoms with E-state index in [1.165, 1.54) is 0 Å². The Morgan fingerprint density at radius 3 is 2.36 bits per heavy atom. The van der Waals surface area contributed by atoms with Crippen LogP contribution in [0.5, 0.6) is 0 Å². The van der Waals surface area contributed by atoms with E-state index in [9.17, 15) is 9.59 Å². The van der Waals surface area contributed by atoms with E-state index in [2.05, 4.69) is 10.1 Å². The van der Waals surface area contributed by atoms with Gasteiger partial charge in [0.15, 0.2) is 6.04 Å². The normalized spacial score (nSPS) is 14.3. The van der Waals surface area contributed by atoms with Crippen molar-refractivity contribution in [3.63, 3.8) is 0 Å². The van der Waals surface area contributed by atoms with Crippen molar-refractivity contribution in [2.24, 2.45) is 5.73 Å². The highest BCUT2D eigenvalue weighted by atomic mass is 16.5. The van der Waals surface area contributed by atoms with E-state index in [0.29, 0.717) is 0 Å². The number of hydrogen-bond acceptors (Lipinski definition) is 6. The van der Waals surface area contributed by atoms with E-state index in [-0.39, 0.29) is 0 Å². The van der Waals surface area contributed by atoms with Crippen molar-refractivity contribution in [1.82, 2.24) is 5.32 Å². The molecule has 14 heavy (non-hydrogen) atoms. The van der Waals surface area contributed by atoms with Gasteiger partial charge >= 0.3 is 5.97 Å². The lowest BCUT2D eigenvalue weighted by atomic mass is 10.2. The number of amides is 1. The van der Waals surface area contributed by atoms with Crippen LogP contribution in [-0.4, -0.2) is 54.5 Å². The fourth-order valence-corrected chi connectivity index (χ4v) is 0.683. The monoisotopic (exact) mass is 206 g/mol. The van der Waals surface area contributed by atoms with E-state index in [1.54, 1.807) is 0 Å². The minimum Gasteiger partial charge on any atom is -0.467 e. The molecule has 0 bridgehead atoms. The molecule has 0 rings (SSSR count). The molecule has 0 spiro atoms. The number of methoxy groups -OCH3 is 1. The second-order valence-electron chi connectivity index (χ2n) is 2.56. The van der Waals surface area contributed by atoms with Gasteiger partial charge in [-0.25, -0.2) is 4.79 Å². The number of nitrogens with one attached hydrogen (secondary N) is 1. The van der Waals surface area contributed by atoms with Gasteiger partial charge in [0.1, 0.15) is 6.04 Å². The topological polar surface area (TPSA) is 122 Å². The average Bonchev–Trinajstić information content (AvgIpc) is 2.22. The summed E-state index contributed by atoms with van der Waals surface area (Å²) in [5.74, 6) is -1.50. The molecule has 0 aliphatic heterocycles. The molecule has 0 aromatic carbocycles. The molecule has 0 saturated heterocycles. The van der Waals surface area contributed by atoms with Crippen molar-refractivity contribution in [3.05, 3.63) is 0 Å². The van der Waals surface area contributed by atoms with Crippen LogP contribution in [0.15, 0.2) is 0 Å². The van der Waals surface area contributed by atoms with Crippen LogP contribution in [0, 0.1) is 0 Å². The summed E-state index contributed by atoms with van der Waals surface area (Å²) >= 11 is 0. The molecule has 1 amide bonds. The Morgan fingerprint density at radius 1 is 1.43 bits per heavy atom. The number of aliphatic hydroxyl groups is 2. The predicted octanol–water partition coefficient (Wildman–Crippen LogP) is -3.04. The lowest BCUT2D eigenvalue weighted by molar-refractivity contribution is -0.146. The number of ether oxygens (including phenoxy) is 1. The summed E-state index contributed by atoms with van der Waals surface area (Å²) in [6.45, 7) is -1.12. The van der Waals surface area contributed by atoms with Crippen molar-refractivity contribution in [2.45, 2.75) is 12.1 Å². The van der Waals surface area contributed by atoms with Gasteiger partial charge in [-0.15, -0.1) is 0 Å². The third-order valence-electron chi connectivity index (χ3n) is 1.52. The zero-order chi connectivity index (χ0) is 11.1. The highest BCUT2D eigenvalue weighted by Crippen LogP contribution is 1.88. The van der Waals surface area contributed by atoms with Gasteiger partial charge in [-0.1, -0.05) is 0 Å². The minimum atomic E-state index is -1.15. The molecule has 0 radical (unpaired) electrons. The highest BCUT2D eigenvalue weighted by Gasteiger charge is 2.22. The first kappa shape index (κ1) is 12.8. The highest BCUT2D eigenvalue weighted by molar-refractivity contribution is 5.87. The maximum absolute atomic E-state index is 11.0. The number of esters is 1. The summed E-state index contributed by atoms with van der Waals surface area (Å²) in [5, 5.41) is 19.4. The number of aliphatic hydroxyl groups excluding tert-OH is 2. The fraction of sp³-hybridized carbons (Fsp3) is 0.714. The van der Waals surface area contributed by atoms with E-state index in [0.717, 1.165) is 7.11 Å². The first-order valence-electron chi connectivity index (χ1n) is 3.92. The zero-order valence-corrected chi connectivity index (χ0v) is 7.77. The Labute approximate surface area is 80.8 Å². The van der Waals surface area contributed by atoms with Crippen LogP contribution in [-0.2, 0) is 14.3 Å². The molecule has 0 aliphatic carbocycles. The number of rotatable bonds is 5. The zero-order valence-electron chi connectivity index (χ0n) is 7.77. The second kappa shape index (κ2) is 6.30. The summed E-state index contributed by atoms with van der Waals surface area (Å²) in [5.41, 5.74) is 5.17. The molecular formula is C7H14N2O5. The molecule has 0 unspecified atom stereocenters. The standard InChI is InChI=1S/C7H14N2O5/c1-14-7(13)5(3-11)9-6(12)4(8)2-10/h4-5,10-11H,2-3,8H2,1H3,(H,9,12)/t4-,5+/m0/s1. The van der Waals surface area contributed by atoms with Crippen molar-refractivity contribution in [3.8, 4) is 0 Å². The van der Waals surface area contributed by atoms with Crippen LogP contribution in [0.2, 0.25) is 0 Å². The number of carbonyl (C=O) groups is 2. The SMILES string of the molecule is COC(=O)[C@@H](CO)NC(=O)[C@@H](N)CO. The molecule has 7 heteroatoms. The Morgan fingerprint density at radius 2 is 2.00 bits per heavy atom. The Hall–Kier alpha value is -1.18. The summed E-state index contributed by atoms with van der Waals surface area (Å²) in [7, 11) is 1.13. The first-order valence-corrected chi connectivity index (χ1v) is 3.92. The van der Waals surface area contributed by atoms with Crippen LogP contribution in [0.3, 0.4) is 0 Å². The summed E-state index contributed by atoms with van der Waals surface area (Å²) in [6, 6.07) is -2.26. The summed E-state index contributed by atoms with van der Waals surface area (Å²) < 4.78 is 4.30. The molecule has 0 saturated carbocycles. The van der Waals surface area contributed by atoms with Crippen LogP contribution in [0.1, 0.15) is 0 Å². The molecule has 5 N–H and O–H groups in total. The van der Waals surface area contributed by atoms with E-state index in [4.69, 9.17) is 15.9 Å². The van der Waals surface area contributed by atoms with Gasteiger partial charge < -0.3 is 26.0 Å². The van der Waals surface area contributed by atoms with Crippen LogP contribution in [0.4, 0.5) is 0 Å². The van der Waals surface area contributed by atoms with Gasteiger partial charge in [-0.05, 0) is 0 Å². The Kier molecular flexibility index (Phi) is 5.77. The molecule has 0 heterocycles. The molecule has 82 valence electrons. The van der Waals surface area contributed by atoms with Crippen molar-refractivity contribution in [2.75, 3.05) is 20.3 Å². The van der Waals surface area contributed by atoms with E-state index >= 15 is 0 Å². The molecule has 0 aromatic heterocycles. The quantitative estimate of drug-likeness (QED) is 0.355. The minimum absolute atomic E-state index is 0.537. The van der Waals surface area contributed by atoms with E-state index < -0.39 is 37.2 Å². The van der Waals surface area contributed by atoms with Crippen LogP contribution < -0.4 is 11.1 Å². The van der Waals surface area contributed by atoms with Gasteiger partial charge in [-0.3, -0.25) is 4.79 Å². The molecule has 0 aliphatic rings. The lowest BCUT2D eigenvalue weighted by Gasteiger charge is -2.15. The van der Waals surface area contributed by atoms with Gasteiger partial charge in [0.05, 0.1) is 20.3 Å². The first-order chi connectivity index (χ1) is 6.56. The Bertz CT molecular complexity index is 208. The average molecular weight is 206 g/mol. The third kappa shape index (κ3) is 3.69. The smallest absolute Gasteiger partial charge is 0.330 e. The van der Waals surface area contributed by atoms with Gasteiger partial charge in [-0.2, -0.15) is 0 Å². The summed E-state index contributed by atoms with van der Waals surface area (Å²) in [4.78, 5) is 21.9. The molecule has 7 nitrogen and oxygen atoms in total. The number of carbonyl (C=O) groups excluding carboxylic acids is 2. The van der Waals surface area contributed by atoms with E-state index in [1.807, 2.05) is 0 Å². The van der Waals surface area contributed by atoms with Gasteiger partial charge in [0, 0.05) is 0 Å². The largest absolute Gasteiger partial charge is 0.467 e. The third-order valence-corrected chi connectivity index (χ3v) is 1.52. The second-order valence-corrected chi connectivity index (χ2v) is 2.56. The van der Waals surface area contributed by atoms with Crippen LogP contribution >= 0.6 is 0 Å². The molecule has 0 fully saturated rings. The number of nitrogens with two attached hydrogens (primary N) is 1. The predicted molar refractivity (Wildman–Crippen MR) is 46.1 cm³/mol.